The van der Waals surface area contributed by atoms with Crippen molar-refractivity contribution in [1.82, 2.24) is 0 Å². The summed E-state index contributed by atoms with van der Waals surface area (Å²) in [5, 5.41) is 0. The van der Waals surface area contributed by atoms with Crippen molar-refractivity contribution in [3.63, 3.8) is 0 Å². The molecule has 3 aliphatic heterocycles. The first kappa shape index (κ1) is 47.1. The van der Waals surface area contributed by atoms with E-state index in [1.54, 1.807) is 28.4 Å². The van der Waals surface area contributed by atoms with Crippen LogP contribution in [-0.2, 0) is 18.9 Å². The van der Waals surface area contributed by atoms with Crippen LogP contribution in [-0.4, -0.2) is 108 Å². The molecule has 0 radical (unpaired) electrons. The second-order valence-electron chi connectivity index (χ2n) is 16.2. The molecule has 12 nitrogen and oxygen atoms in total. The van der Waals surface area contributed by atoms with Crippen LogP contribution in [0.15, 0.2) is 48.5 Å². The fraction of sp³-hybridized carbons (Fsp3) is 0.538. The average molecular weight is 885 g/mol. The van der Waals surface area contributed by atoms with Crippen LogP contribution in [0.1, 0.15) is 122 Å². The third-order valence-electron chi connectivity index (χ3n) is 12.8. The van der Waals surface area contributed by atoms with Gasteiger partial charge >= 0.3 is 0 Å². The van der Waals surface area contributed by atoms with Crippen molar-refractivity contribution in [1.29, 1.82) is 0 Å². The van der Waals surface area contributed by atoms with Crippen LogP contribution in [0.2, 0.25) is 0 Å². The predicted octanol–water partition coefficient (Wildman–Crippen LogP) is 9.81. The van der Waals surface area contributed by atoms with Crippen molar-refractivity contribution in [3.8, 4) is 46.0 Å². The molecule has 0 saturated heterocycles. The molecule has 3 heterocycles. The van der Waals surface area contributed by atoms with Gasteiger partial charge < -0.3 is 56.8 Å². The molecule has 1 aliphatic carbocycles. The minimum Gasteiger partial charge on any atom is -0.496 e. The van der Waals surface area contributed by atoms with Gasteiger partial charge in [0.2, 0.25) is 0 Å². The van der Waals surface area contributed by atoms with Crippen molar-refractivity contribution in [2.24, 2.45) is 0 Å². The van der Waals surface area contributed by atoms with Gasteiger partial charge in [0, 0.05) is 92.4 Å². The SMILES string of the molecule is CC[C@@H]1c2cc3c(cc2OC)OCCOCCOCCOc2cc(OC)c(cc21)[C@@H](CC)c1cc2c(OC)cc1OCCOCCOCCOc1cc(OC)c(cc1[C@@H]2CC)[C@H]3CC. The summed E-state index contributed by atoms with van der Waals surface area (Å²) < 4.78 is 75.9. The molecule has 4 aliphatic rings. The summed E-state index contributed by atoms with van der Waals surface area (Å²) in [6.07, 6.45) is 2.99. The molecule has 0 fully saturated rings. The molecule has 0 aromatic heterocycles. The molecule has 4 aromatic carbocycles. The summed E-state index contributed by atoms with van der Waals surface area (Å²) in [6.45, 7) is 13.6. The standard InChI is InChI=1S/C52H68O12/c1-9-33-37-25-43-36(12-4)40-28-42-34(10-2)38-26-44(52(30-46(38)54-6)64-24-20-60-16-14-58-18-22-62-50(42)32-48(40)56-8)35(11-3)39-27-41(33)49(31-47(39)55-7)61-21-17-57-13-15-59-19-23-63-51(43)29-45(37)53-5/h25-36H,9-24H2,1-8H3/t33-,34-,35-,36-/m1/s1. The lowest BCUT2D eigenvalue weighted by molar-refractivity contribution is 0.0271. The normalized spacial score (nSPS) is 20.9. The Bertz CT molecular complexity index is 1990. The Morgan fingerprint density at radius 1 is 0.312 bits per heavy atom. The van der Waals surface area contributed by atoms with Crippen LogP contribution in [0.3, 0.4) is 0 Å². The van der Waals surface area contributed by atoms with E-state index in [-0.39, 0.29) is 23.7 Å². The summed E-state index contributed by atoms with van der Waals surface area (Å²) in [7, 11) is 6.90. The van der Waals surface area contributed by atoms with E-state index in [2.05, 4.69) is 64.1 Å². The number of ether oxygens (including phenoxy) is 12. The van der Waals surface area contributed by atoms with Gasteiger partial charge in [-0.1, -0.05) is 27.7 Å². The lowest BCUT2D eigenvalue weighted by Gasteiger charge is -2.31. The van der Waals surface area contributed by atoms with Crippen molar-refractivity contribution in [2.75, 3.05) is 108 Å². The van der Waals surface area contributed by atoms with Crippen LogP contribution in [0.25, 0.3) is 0 Å². The molecular weight excluding hydrogens is 817 g/mol. The zero-order valence-electron chi connectivity index (χ0n) is 39.1. The first-order valence-corrected chi connectivity index (χ1v) is 23.1. The Morgan fingerprint density at radius 2 is 0.516 bits per heavy atom. The molecule has 0 N–H and O–H groups in total. The fourth-order valence-corrected chi connectivity index (χ4v) is 9.68. The van der Waals surface area contributed by atoms with Gasteiger partial charge in [-0.15, -0.1) is 0 Å². The molecule has 0 unspecified atom stereocenters. The van der Waals surface area contributed by atoms with E-state index >= 15 is 0 Å². The number of methoxy groups -OCH3 is 4. The van der Waals surface area contributed by atoms with Gasteiger partial charge in [0.25, 0.3) is 0 Å². The Hall–Kier alpha value is -4.88. The highest BCUT2D eigenvalue weighted by molar-refractivity contribution is 5.63. The third kappa shape index (κ3) is 10.2. The first-order chi connectivity index (χ1) is 31.4. The number of hydrogen-bond acceptors (Lipinski definition) is 12. The van der Waals surface area contributed by atoms with E-state index in [0.29, 0.717) is 79.3 Å². The minimum atomic E-state index is -0.161. The van der Waals surface area contributed by atoms with E-state index < -0.39 is 0 Å². The molecule has 12 heteroatoms. The zero-order chi connectivity index (χ0) is 45.0. The molecule has 8 rings (SSSR count). The molecule has 0 spiro atoms. The van der Waals surface area contributed by atoms with Gasteiger partial charge in [-0.3, -0.25) is 0 Å². The zero-order valence-corrected chi connectivity index (χ0v) is 39.1. The van der Waals surface area contributed by atoms with E-state index in [0.717, 1.165) is 116 Å². The van der Waals surface area contributed by atoms with E-state index in [1.807, 2.05) is 12.1 Å². The van der Waals surface area contributed by atoms with Gasteiger partial charge in [-0.05, 0) is 49.9 Å². The third-order valence-corrected chi connectivity index (χ3v) is 12.8. The summed E-state index contributed by atoms with van der Waals surface area (Å²) >= 11 is 0. The molecule has 0 amide bonds. The topological polar surface area (TPSA) is 111 Å². The van der Waals surface area contributed by atoms with E-state index in [4.69, 9.17) is 56.8 Å². The lowest BCUT2D eigenvalue weighted by atomic mass is 9.77. The second kappa shape index (κ2) is 22.8. The number of hydrogen-bond donors (Lipinski definition) is 0. The van der Waals surface area contributed by atoms with Crippen molar-refractivity contribution in [2.45, 2.75) is 77.0 Å². The largest absolute Gasteiger partial charge is 0.496 e. The summed E-state index contributed by atoms with van der Waals surface area (Å²) in [5.41, 5.74) is 8.17. The lowest BCUT2D eigenvalue weighted by Crippen LogP contribution is -2.16. The van der Waals surface area contributed by atoms with Crippen LogP contribution in [0.5, 0.6) is 46.0 Å². The average Bonchev–Trinajstić information content (AvgIpc) is 3.32. The van der Waals surface area contributed by atoms with Crippen molar-refractivity contribution < 1.29 is 56.8 Å². The quantitative estimate of drug-likeness (QED) is 0.157. The van der Waals surface area contributed by atoms with Crippen molar-refractivity contribution in [3.05, 3.63) is 93.0 Å². The van der Waals surface area contributed by atoms with Gasteiger partial charge in [-0.25, -0.2) is 0 Å². The van der Waals surface area contributed by atoms with Crippen LogP contribution in [0, 0.1) is 0 Å². The van der Waals surface area contributed by atoms with Gasteiger partial charge in [0.15, 0.2) is 0 Å². The first-order valence-electron chi connectivity index (χ1n) is 23.1. The fourth-order valence-electron chi connectivity index (χ4n) is 9.68. The smallest absolute Gasteiger partial charge is 0.126 e. The highest BCUT2D eigenvalue weighted by Gasteiger charge is 2.34. The van der Waals surface area contributed by atoms with Crippen LogP contribution in [0.4, 0.5) is 0 Å². The van der Waals surface area contributed by atoms with Crippen LogP contribution >= 0.6 is 0 Å². The Balaban J connectivity index is 1.63. The number of fused-ring (bicyclic) bond motifs is 12. The molecular formula is C52H68O12. The summed E-state index contributed by atoms with van der Waals surface area (Å²) in [4.78, 5) is 0. The van der Waals surface area contributed by atoms with E-state index in [9.17, 15) is 0 Å². The maximum atomic E-state index is 6.70. The minimum absolute atomic E-state index is 0.154. The molecule has 0 saturated carbocycles. The monoisotopic (exact) mass is 884 g/mol. The van der Waals surface area contributed by atoms with E-state index in [1.165, 1.54) is 0 Å². The maximum absolute atomic E-state index is 6.70. The Morgan fingerprint density at radius 3 is 0.703 bits per heavy atom. The number of rotatable bonds is 8. The summed E-state index contributed by atoms with van der Waals surface area (Å²) in [5.74, 6) is 5.16. The van der Waals surface area contributed by atoms with Gasteiger partial charge in [0.05, 0.1) is 81.3 Å². The second-order valence-corrected chi connectivity index (χ2v) is 16.2. The molecule has 64 heavy (non-hydrogen) atoms. The molecule has 348 valence electrons. The number of benzene rings is 4. The Kier molecular flexibility index (Phi) is 16.8. The Labute approximate surface area is 379 Å². The van der Waals surface area contributed by atoms with Crippen LogP contribution < -0.4 is 37.9 Å². The molecule has 10 bridgehead atoms. The van der Waals surface area contributed by atoms with Gasteiger partial charge in [0.1, 0.15) is 72.4 Å². The summed E-state index contributed by atoms with van der Waals surface area (Å²) in [6, 6.07) is 17.3. The highest BCUT2D eigenvalue weighted by atomic mass is 16.6. The van der Waals surface area contributed by atoms with Crippen molar-refractivity contribution >= 4 is 0 Å². The molecule has 4 atom stereocenters. The molecule has 4 aromatic rings. The predicted molar refractivity (Wildman–Crippen MR) is 246 cm³/mol. The maximum Gasteiger partial charge on any atom is 0.126 e. The van der Waals surface area contributed by atoms with Gasteiger partial charge in [-0.2, -0.15) is 0 Å². The highest BCUT2D eigenvalue weighted by Crippen LogP contribution is 2.52.